The fraction of sp³-hybridized carbons (Fsp3) is 0.250. The number of aryl methyl sites for hydroxylation is 1. The van der Waals surface area contributed by atoms with E-state index in [1.54, 1.807) is 12.1 Å². The first-order chi connectivity index (χ1) is 8.45. The molecule has 0 N–H and O–H groups in total. The van der Waals surface area contributed by atoms with Gasteiger partial charge in [-0.05, 0) is 25.1 Å². The van der Waals surface area contributed by atoms with Crippen molar-refractivity contribution >= 4 is 16.1 Å². The maximum Gasteiger partial charge on any atom is 0.424 e. The van der Waals surface area contributed by atoms with Crippen molar-refractivity contribution < 1.29 is 17.9 Å². The lowest BCUT2D eigenvalue weighted by molar-refractivity contribution is 0.153. The zero-order chi connectivity index (χ0) is 13.3. The quantitative estimate of drug-likeness (QED) is 0.782. The van der Waals surface area contributed by atoms with Crippen molar-refractivity contribution in [3.8, 4) is 0 Å². The molecule has 96 valence electrons. The second kappa shape index (κ2) is 4.45. The number of rotatable bonds is 3. The average molecular weight is 267 g/mol. The lowest BCUT2D eigenvalue weighted by atomic mass is 10.2. The van der Waals surface area contributed by atoms with E-state index >= 15 is 0 Å². The van der Waals surface area contributed by atoms with Crippen LogP contribution in [0.5, 0.6) is 0 Å². The molecule has 1 atom stereocenters. The molecule has 1 aromatic rings. The van der Waals surface area contributed by atoms with Gasteiger partial charge in [-0.15, -0.1) is 0 Å². The highest BCUT2D eigenvalue weighted by Crippen LogP contribution is 2.22. The summed E-state index contributed by atoms with van der Waals surface area (Å²) in [6.07, 6.45) is -0.0408. The first-order valence-electron chi connectivity index (χ1n) is 5.38. The summed E-state index contributed by atoms with van der Waals surface area (Å²) in [5.41, 5.74) is 0.946. The fourth-order valence-electron chi connectivity index (χ4n) is 1.62. The highest BCUT2D eigenvalue weighted by molar-refractivity contribution is 7.89. The molecule has 6 heteroatoms. The average Bonchev–Trinajstić information content (AvgIpc) is 2.72. The number of carbonyl (C=O) groups excluding carboxylic acids is 1. The van der Waals surface area contributed by atoms with E-state index < -0.39 is 22.2 Å². The number of hydrogen-bond acceptors (Lipinski definition) is 4. The number of sulfonamides is 1. The molecule has 1 aromatic carbocycles. The molecule has 0 radical (unpaired) electrons. The van der Waals surface area contributed by atoms with Crippen molar-refractivity contribution in [2.45, 2.75) is 17.9 Å². The van der Waals surface area contributed by atoms with Crippen molar-refractivity contribution in [3.63, 3.8) is 0 Å². The van der Waals surface area contributed by atoms with Crippen molar-refractivity contribution in [3.05, 3.63) is 42.5 Å². The minimum absolute atomic E-state index is 0.0292. The zero-order valence-corrected chi connectivity index (χ0v) is 10.7. The Morgan fingerprint density at radius 3 is 2.50 bits per heavy atom. The molecule has 1 amide bonds. The predicted octanol–water partition coefficient (Wildman–Crippen LogP) is 1.69. The van der Waals surface area contributed by atoms with Gasteiger partial charge in [0.25, 0.3) is 10.0 Å². The van der Waals surface area contributed by atoms with E-state index in [0.717, 1.165) is 9.87 Å². The van der Waals surface area contributed by atoms with Gasteiger partial charge in [-0.25, -0.2) is 13.2 Å². The monoisotopic (exact) mass is 267 g/mol. The van der Waals surface area contributed by atoms with Gasteiger partial charge in [0.15, 0.2) is 0 Å². The van der Waals surface area contributed by atoms with Gasteiger partial charge in [-0.3, -0.25) is 0 Å². The van der Waals surface area contributed by atoms with Crippen molar-refractivity contribution in [1.29, 1.82) is 0 Å². The van der Waals surface area contributed by atoms with Gasteiger partial charge in [0.1, 0.15) is 6.10 Å². The Balaban J connectivity index is 2.35. The number of nitrogens with zero attached hydrogens (tertiary/aromatic N) is 1. The van der Waals surface area contributed by atoms with Crippen molar-refractivity contribution in [2.75, 3.05) is 6.54 Å². The third-order valence-electron chi connectivity index (χ3n) is 2.67. The molecule has 18 heavy (non-hydrogen) atoms. The topological polar surface area (TPSA) is 63.7 Å². The van der Waals surface area contributed by atoms with Crippen LogP contribution in [-0.2, 0) is 14.8 Å². The zero-order valence-electron chi connectivity index (χ0n) is 9.87. The van der Waals surface area contributed by atoms with Gasteiger partial charge in [0.05, 0.1) is 11.4 Å². The van der Waals surface area contributed by atoms with Crippen molar-refractivity contribution in [2.24, 2.45) is 0 Å². The lowest BCUT2D eigenvalue weighted by Gasteiger charge is -2.13. The van der Waals surface area contributed by atoms with E-state index in [-0.39, 0.29) is 11.4 Å². The van der Waals surface area contributed by atoms with E-state index in [2.05, 4.69) is 6.58 Å². The molecular formula is C12H13NO4S. The van der Waals surface area contributed by atoms with Crippen LogP contribution in [0.15, 0.2) is 41.8 Å². The molecule has 0 aliphatic carbocycles. The molecule has 1 aliphatic heterocycles. The van der Waals surface area contributed by atoms with Gasteiger partial charge in [0.2, 0.25) is 0 Å². The summed E-state index contributed by atoms with van der Waals surface area (Å²) in [4.78, 5) is 11.6. The first kappa shape index (κ1) is 12.6. The van der Waals surface area contributed by atoms with Crippen LogP contribution in [0.4, 0.5) is 4.79 Å². The summed E-state index contributed by atoms with van der Waals surface area (Å²) < 4.78 is 30.0. The third kappa shape index (κ3) is 2.11. The van der Waals surface area contributed by atoms with Crippen LogP contribution in [-0.4, -0.2) is 31.5 Å². The van der Waals surface area contributed by atoms with Gasteiger partial charge in [0, 0.05) is 0 Å². The van der Waals surface area contributed by atoms with Crippen LogP contribution in [0.1, 0.15) is 5.56 Å². The molecule has 1 aliphatic rings. The maximum absolute atomic E-state index is 12.2. The highest BCUT2D eigenvalue weighted by atomic mass is 32.2. The smallest absolute Gasteiger partial charge is 0.424 e. The number of ether oxygens (including phenoxy) is 1. The van der Waals surface area contributed by atoms with Crippen LogP contribution in [0, 0.1) is 6.92 Å². The van der Waals surface area contributed by atoms with E-state index in [4.69, 9.17) is 4.74 Å². The molecule has 0 aromatic heterocycles. The largest absolute Gasteiger partial charge is 0.439 e. The molecule has 1 unspecified atom stereocenters. The Morgan fingerprint density at radius 2 is 2.00 bits per heavy atom. The number of carbonyl (C=O) groups is 1. The number of cyclic esters (lactones) is 1. The molecule has 1 fully saturated rings. The molecule has 1 saturated heterocycles. The van der Waals surface area contributed by atoms with Crippen LogP contribution < -0.4 is 0 Å². The summed E-state index contributed by atoms with van der Waals surface area (Å²) in [6.45, 7) is 5.31. The molecule has 5 nitrogen and oxygen atoms in total. The molecule has 0 saturated carbocycles. The molecular weight excluding hydrogens is 254 g/mol. The lowest BCUT2D eigenvalue weighted by Crippen LogP contribution is -2.32. The summed E-state index contributed by atoms with van der Waals surface area (Å²) in [5.74, 6) is 0. The second-order valence-corrected chi connectivity index (χ2v) is 5.87. The third-order valence-corrected chi connectivity index (χ3v) is 4.42. The van der Waals surface area contributed by atoms with Crippen LogP contribution in [0.25, 0.3) is 0 Å². The normalized spacial score (nSPS) is 19.7. The SMILES string of the molecule is C=CC1CN(S(=O)(=O)c2ccc(C)cc2)C(=O)O1. The Kier molecular flexibility index (Phi) is 3.13. The van der Waals surface area contributed by atoms with Crippen LogP contribution in [0.2, 0.25) is 0 Å². The predicted molar refractivity (Wildman–Crippen MR) is 65.5 cm³/mol. The van der Waals surface area contributed by atoms with Crippen LogP contribution >= 0.6 is 0 Å². The number of hydrogen-bond donors (Lipinski definition) is 0. The Bertz CT molecular complexity index is 577. The van der Waals surface area contributed by atoms with Gasteiger partial charge in [-0.1, -0.05) is 24.3 Å². The van der Waals surface area contributed by atoms with Crippen molar-refractivity contribution in [1.82, 2.24) is 4.31 Å². The first-order valence-corrected chi connectivity index (χ1v) is 6.82. The Hall–Kier alpha value is -1.82. The summed E-state index contributed by atoms with van der Waals surface area (Å²) in [5, 5.41) is 0. The highest BCUT2D eigenvalue weighted by Gasteiger charge is 2.38. The minimum atomic E-state index is -3.84. The Morgan fingerprint density at radius 1 is 1.39 bits per heavy atom. The van der Waals surface area contributed by atoms with Gasteiger partial charge in [-0.2, -0.15) is 4.31 Å². The second-order valence-electron chi connectivity index (χ2n) is 4.01. The summed E-state index contributed by atoms with van der Waals surface area (Å²) in [7, 11) is -3.84. The van der Waals surface area contributed by atoms with E-state index in [1.807, 2.05) is 6.92 Å². The number of amides is 1. The molecule has 1 heterocycles. The minimum Gasteiger partial charge on any atom is -0.439 e. The van der Waals surface area contributed by atoms with Crippen LogP contribution in [0.3, 0.4) is 0 Å². The summed E-state index contributed by atoms with van der Waals surface area (Å²) >= 11 is 0. The molecule has 0 spiro atoms. The van der Waals surface area contributed by atoms with E-state index in [0.29, 0.717) is 0 Å². The maximum atomic E-state index is 12.2. The summed E-state index contributed by atoms with van der Waals surface area (Å²) in [6, 6.07) is 6.30. The molecule has 0 bridgehead atoms. The van der Waals surface area contributed by atoms with E-state index in [9.17, 15) is 13.2 Å². The van der Waals surface area contributed by atoms with E-state index in [1.165, 1.54) is 18.2 Å². The Labute approximate surface area is 106 Å². The fourth-order valence-corrected chi connectivity index (χ4v) is 2.94. The standard InChI is InChI=1S/C12H13NO4S/c1-3-10-8-13(12(14)17-10)18(15,16)11-6-4-9(2)5-7-11/h3-7,10H,1,8H2,2H3. The molecule has 2 rings (SSSR count). The van der Waals surface area contributed by atoms with Gasteiger partial charge >= 0.3 is 6.09 Å². The number of benzene rings is 1. The van der Waals surface area contributed by atoms with Gasteiger partial charge < -0.3 is 4.74 Å².